The van der Waals surface area contributed by atoms with Crippen molar-refractivity contribution in [3.63, 3.8) is 0 Å². The molecule has 1 aliphatic rings. The van der Waals surface area contributed by atoms with Crippen LogP contribution in [0.1, 0.15) is 34.5 Å². The number of aliphatic hydroxyl groups excluding tert-OH is 1. The number of pyridine rings is 1. The van der Waals surface area contributed by atoms with Crippen molar-refractivity contribution in [1.82, 2.24) is 9.38 Å². The van der Waals surface area contributed by atoms with E-state index in [1.54, 1.807) is 4.90 Å². The zero-order valence-electron chi connectivity index (χ0n) is 16.8. The maximum atomic E-state index is 12.3. The number of carbonyl (C=O) groups excluding carboxylic acids is 1. The summed E-state index contributed by atoms with van der Waals surface area (Å²) in [5, 5.41) is 13.4. The summed E-state index contributed by atoms with van der Waals surface area (Å²) in [4.78, 5) is 18.7. The van der Waals surface area contributed by atoms with Crippen LogP contribution < -0.4 is 10.2 Å². The monoisotopic (exact) mass is 378 g/mol. The number of aliphatic hydroxyl groups is 1. The van der Waals surface area contributed by atoms with Crippen LogP contribution in [0.15, 0.2) is 30.5 Å². The molecule has 0 unspecified atom stereocenters. The minimum atomic E-state index is -0.611. The summed E-state index contributed by atoms with van der Waals surface area (Å²) in [5.41, 5.74) is 8.25. The molecule has 0 bridgehead atoms. The fourth-order valence-electron chi connectivity index (χ4n) is 3.88. The molecule has 3 heterocycles. The Labute approximate surface area is 164 Å². The van der Waals surface area contributed by atoms with E-state index in [0.717, 1.165) is 28.4 Å². The first-order chi connectivity index (χ1) is 13.3. The molecule has 1 aliphatic heterocycles. The van der Waals surface area contributed by atoms with Crippen LogP contribution in [0.4, 0.5) is 11.4 Å². The van der Waals surface area contributed by atoms with Gasteiger partial charge in [0, 0.05) is 18.4 Å². The zero-order valence-corrected chi connectivity index (χ0v) is 16.8. The molecule has 1 aromatic carbocycles. The Hall–Kier alpha value is -2.86. The summed E-state index contributed by atoms with van der Waals surface area (Å²) < 4.78 is 2.02. The first-order valence-corrected chi connectivity index (χ1v) is 9.62. The van der Waals surface area contributed by atoms with E-state index in [9.17, 15) is 9.90 Å². The van der Waals surface area contributed by atoms with Crippen LogP contribution in [-0.4, -0.2) is 33.0 Å². The molecule has 0 aliphatic carbocycles. The molecule has 28 heavy (non-hydrogen) atoms. The normalized spacial score (nSPS) is 17.0. The van der Waals surface area contributed by atoms with E-state index in [1.165, 1.54) is 16.7 Å². The molecule has 0 radical (unpaired) electrons. The molecule has 2 N–H and O–H groups in total. The summed E-state index contributed by atoms with van der Waals surface area (Å²) in [5.74, 6) is -0.0537. The van der Waals surface area contributed by atoms with Crippen LogP contribution in [0, 0.1) is 27.7 Å². The van der Waals surface area contributed by atoms with Crippen LogP contribution in [0.2, 0.25) is 0 Å². The number of nitrogens with one attached hydrogen (secondary N) is 1. The van der Waals surface area contributed by atoms with Gasteiger partial charge in [-0.15, -0.1) is 0 Å². The topological polar surface area (TPSA) is 69.9 Å². The van der Waals surface area contributed by atoms with Crippen molar-refractivity contribution in [3.8, 4) is 0 Å². The van der Waals surface area contributed by atoms with Gasteiger partial charge in [0.15, 0.2) is 5.65 Å². The number of β-amino-alcohol motifs (C(OH)–C–C–N with tert-alkyl or cyclic N) is 1. The second-order valence-electron chi connectivity index (χ2n) is 7.67. The van der Waals surface area contributed by atoms with E-state index in [0.29, 0.717) is 13.1 Å². The third-order valence-corrected chi connectivity index (χ3v) is 5.70. The predicted molar refractivity (Wildman–Crippen MR) is 111 cm³/mol. The lowest BCUT2D eigenvalue weighted by Gasteiger charge is -2.19. The molecule has 2 aromatic heterocycles. The molecule has 6 heteroatoms. The van der Waals surface area contributed by atoms with Gasteiger partial charge in [-0.05, 0) is 50.5 Å². The van der Waals surface area contributed by atoms with Gasteiger partial charge in [-0.2, -0.15) is 0 Å². The van der Waals surface area contributed by atoms with Crippen molar-refractivity contribution in [1.29, 1.82) is 0 Å². The van der Waals surface area contributed by atoms with Gasteiger partial charge in [0.05, 0.1) is 36.1 Å². The number of hydrogen-bond acceptors (Lipinski definition) is 4. The second kappa shape index (κ2) is 6.95. The number of imidazole rings is 1. The number of rotatable bonds is 4. The van der Waals surface area contributed by atoms with E-state index in [-0.39, 0.29) is 12.3 Å². The molecule has 146 valence electrons. The molecule has 1 amide bonds. The van der Waals surface area contributed by atoms with Crippen molar-refractivity contribution in [2.45, 2.75) is 46.8 Å². The Morgan fingerprint density at radius 3 is 2.57 bits per heavy atom. The Morgan fingerprint density at radius 1 is 1.21 bits per heavy atom. The van der Waals surface area contributed by atoms with Crippen molar-refractivity contribution >= 4 is 22.9 Å². The Morgan fingerprint density at radius 2 is 1.93 bits per heavy atom. The van der Waals surface area contributed by atoms with Gasteiger partial charge in [-0.25, -0.2) is 4.98 Å². The third-order valence-electron chi connectivity index (χ3n) is 5.70. The second-order valence-corrected chi connectivity index (χ2v) is 7.67. The average molecular weight is 378 g/mol. The van der Waals surface area contributed by atoms with Gasteiger partial charge in [0.25, 0.3) is 0 Å². The van der Waals surface area contributed by atoms with Gasteiger partial charge in [-0.1, -0.05) is 18.2 Å². The lowest BCUT2D eigenvalue weighted by Crippen LogP contribution is -2.25. The number of amides is 1. The standard InChI is InChI=1S/C22H26N4O2/c1-13-6-5-7-14(2)19(13)10-23-20-8-17(26-12-18(27)9-21(26)28)11-25-16(4)15(3)24-22(20)25/h5-8,11,18,23,27H,9-10,12H2,1-4H3/t18-/m0/s1. The summed E-state index contributed by atoms with van der Waals surface area (Å²) in [6.45, 7) is 9.25. The molecule has 6 nitrogen and oxygen atoms in total. The minimum absolute atomic E-state index is 0.0537. The number of benzene rings is 1. The van der Waals surface area contributed by atoms with E-state index in [1.807, 2.05) is 30.5 Å². The first-order valence-electron chi connectivity index (χ1n) is 9.62. The zero-order chi connectivity index (χ0) is 20.0. The van der Waals surface area contributed by atoms with Crippen LogP contribution >= 0.6 is 0 Å². The quantitative estimate of drug-likeness (QED) is 0.731. The van der Waals surface area contributed by atoms with Crippen LogP contribution in [0.25, 0.3) is 5.65 Å². The van der Waals surface area contributed by atoms with Gasteiger partial charge in [-0.3, -0.25) is 4.79 Å². The van der Waals surface area contributed by atoms with Crippen LogP contribution in [0.5, 0.6) is 0 Å². The Kier molecular flexibility index (Phi) is 4.59. The minimum Gasteiger partial charge on any atom is -0.391 e. The van der Waals surface area contributed by atoms with Crippen molar-refractivity contribution in [2.24, 2.45) is 0 Å². The molecular formula is C22H26N4O2. The van der Waals surface area contributed by atoms with Gasteiger partial charge in [0.2, 0.25) is 5.91 Å². The molecule has 0 saturated carbocycles. The van der Waals surface area contributed by atoms with Crippen molar-refractivity contribution in [2.75, 3.05) is 16.8 Å². The lowest BCUT2D eigenvalue weighted by molar-refractivity contribution is -0.117. The average Bonchev–Trinajstić information content (AvgIpc) is 3.13. The summed E-state index contributed by atoms with van der Waals surface area (Å²) in [6.07, 6.45) is 1.50. The molecule has 0 spiro atoms. The number of fused-ring (bicyclic) bond motifs is 1. The fourth-order valence-corrected chi connectivity index (χ4v) is 3.88. The number of aryl methyl sites for hydroxylation is 4. The number of aromatic nitrogens is 2. The third kappa shape index (κ3) is 3.14. The van der Waals surface area contributed by atoms with Gasteiger partial charge in [0.1, 0.15) is 0 Å². The smallest absolute Gasteiger partial charge is 0.229 e. The number of anilines is 2. The molecule has 4 rings (SSSR count). The summed E-state index contributed by atoms with van der Waals surface area (Å²) >= 11 is 0. The van der Waals surface area contributed by atoms with Crippen molar-refractivity contribution < 1.29 is 9.90 Å². The molecule has 1 saturated heterocycles. The molecular weight excluding hydrogens is 352 g/mol. The predicted octanol–water partition coefficient (Wildman–Crippen LogP) is 3.28. The summed E-state index contributed by atoms with van der Waals surface area (Å²) in [7, 11) is 0. The summed E-state index contributed by atoms with van der Waals surface area (Å²) in [6, 6.07) is 8.26. The maximum Gasteiger partial charge on any atom is 0.229 e. The first kappa shape index (κ1) is 18.5. The van der Waals surface area contributed by atoms with E-state index in [4.69, 9.17) is 4.98 Å². The van der Waals surface area contributed by atoms with Gasteiger partial charge < -0.3 is 19.7 Å². The lowest BCUT2D eigenvalue weighted by atomic mass is 10.0. The van der Waals surface area contributed by atoms with Crippen LogP contribution in [-0.2, 0) is 11.3 Å². The number of hydrogen-bond donors (Lipinski definition) is 2. The fraction of sp³-hybridized carbons (Fsp3) is 0.364. The highest BCUT2D eigenvalue weighted by molar-refractivity contribution is 5.97. The van der Waals surface area contributed by atoms with E-state index in [2.05, 4.69) is 37.4 Å². The van der Waals surface area contributed by atoms with E-state index < -0.39 is 6.10 Å². The van der Waals surface area contributed by atoms with Crippen LogP contribution in [0.3, 0.4) is 0 Å². The highest BCUT2D eigenvalue weighted by atomic mass is 16.3. The Balaban J connectivity index is 1.76. The largest absolute Gasteiger partial charge is 0.391 e. The van der Waals surface area contributed by atoms with Gasteiger partial charge >= 0.3 is 0 Å². The molecule has 3 aromatic rings. The maximum absolute atomic E-state index is 12.3. The molecule has 1 atom stereocenters. The number of carbonyl (C=O) groups is 1. The molecule has 1 fully saturated rings. The SMILES string of the molecule is Cc1cccc(C)c1CNc1cc(N2C[C@@H](O)CC2=O)cn2c(C)c(C)nc12. The highest BCUT2D eigenvalue weighted by Gasteiger charge is 2.30. The Bertz CT molecular complexity index is 1050. The van der Waals surface area contributed by atoms with Crippen molar-refractivity contribution in [3.05, 3.63) is 58.5 Å². The number of nitrogens with zero attached hydrogens (tertiary/aromatic N) is 3. The van der Waals surface area contributed by atoms with E-state index >= 15 is 0 Å². The highest BCUT2D eigenvalue weighted by Crippen LogP contribution is 2.30.